The second-order valence-corrected chi connectivity index (χ2v) is 9.20. The number of unbranched alkanes of at least 4 members (excludes halogenated alkanes) is 3. The molecule has 2 atom stereocenters. The van der Waals surface area contributed by atoms with Crippen molar-refractivity contribution in [1.82, 2.24) is 5.32 Å². The number of ether oxygens (including phenoxy) is 1. The van der Waals surface area contributed by atoms with Crippen LogP contribution in [0.3, 0.4) is 0 Å². The maximum Gasteiger partial charge on any atom is 0.329 e. The van der Waals surface area contributed by atoms with E-state index >= 15 is 0 Å². The van der Waals surface area contributed by atoms with Crippen LogP contribution in [0.2, 0.25) is 0 Å². The number of carbonyl (C=O) groups is 3. The van der Waals surface area contributed by atoms with E-state index in [-0.39, 0.29) is 22.7 Å². The summed E-state index contributed by atoms with van der Waals surface area (Å²) in [5, 5.41) is 2.57. The van der Waals surface area contributed by atoms with Gasteiger partial charge in [0.15, 0.2) is 5.12 Å². The van der Waals surface area contributed by atoms with Crippen molar-refractivity contribution in [2.75, 3.05) is 12.4 Å². The Morgan fingerprint density at radius 1 is 1.03 bits per heavy atom. The number of esters is 1. The van der Waals surface area contributed by atoms with Crippen molar-refractivity contribution in [2.45, 2.75) is 78.7 Å². The molecule has 0 aliphatic rings. The average molecular weight is 436 g/mol. The van der Waals surface area contributed by atoms with Gasteiger partial charge in [-0.15, -0.1) is 0 Å². The topological polar surface area (TPSA) is 72.5 Å². The Morgan fingerprint density at radius 2 is 1.70 bits per heavy atom. The van der Waals surface area contributed by atoms with E-state index in [1.807, 2.05) is 19.1 Å². The van der Waals surface area contributed by atoms with Crippen molar-refractivity contribution in [3.8, 4) is 0 Å². The molecule has 0 radical (unpaired) electrons. The Bertz CT molecular complexity index is 672. The molecule has 1 rings (SSSR count). The minimum Gasteiger partial charge on any atom is -0.464 e. The maximum atomic E-state index is 12.6. The van der Waals surface area contributed by atoms with E-state index in [2.05, 4.69) is 38.2 Å². The highest BCUT2D eigenvalue weighted by molar-refractivity contribution is 8.13. The summed E-state index contributed by atoms with van der Waals surface area (Å²) in [6.45, 7) is 10.0. The molecule has 1 N–H and O–H groups in total. The third kappa shape index (κ3) is 10.3. The molecule has 0 aliphatic carbocycles. The smallest absolute Gasteiger partial charge is 0.329 e. The minimum absolute atomic E-state index is 0.0299. The Kier molecular flexibility index (Phi) is 12.4. The van der Waals surface area contributed by atoms with Gasteiger partial charge in [0.25, 0.3) is 0 Å². The van der Waals surface area contributed by atoms with Crippen LogP contribution >= 0.6 is 11.8 Å². The van der Waals surface area contributed by atoms with E-state index < -0.39 is 12.0 Å². The lowest BCUT2D eigenvalue weighted by molar-refractivity contribution is -0.147. The first-order valence-electron chi connectivity index (χ1n) is 10.9. The second-order valence-electron chi connectivity index (χ2n) is 8.17. The van der Waals surface area contributed by atoms with Crippen LogP contribution in [0.15, 0.2) is 24.3 Å². The standard InChI is InChI=1S/C24H37NO4S/c1-6-7-8-9-14-29-23(27)22(25-19(5)26)16-30-24(28)18(4)21-12-10-20(11-13-21)15-17(2)3/h10-13,17-18,22H,6-9,14-16H2,1-5H3,(H,25,26)/t18-,22+/m1/s1. The van der Waals surface area contributed by atoms with Crippen LogP contribution in [0.1, 0.15) is 77.3 Å². The van der Waals surface area contributed by atoms with Gasteiger partial charge in [0.05, 0.1) is 12.5 Å². The van der Waals surface area contributed by atoms with E-state index in [1.54, 1.807) is 0 Å². The van der Waals surface area contributed by atoms with Gasteiger partial charge in [0.1, 0.15) is 6.04 Å². The molecule has 0 aromatic heterocycles. The van der Waals surface area contributed by atoms with E-state index in [9.17, 15) is 14.4 Å². The Morgan fingerprint density at radius 3 is 2.27 bits per heavy atom. The average Bonchev–Trinajstić information content (AvgIpc) is 2.69. The molecule has 5 nitrogen and oxygen atoms in total. The number of rotatable bonds is 13. The highest BCUT2D eigenvalue weighted by Crippen LogP contribution is 2.24. The van der Waals surface area contributed by atoms with Crippen LogP contribution in [-0.2, 0) is 25.5 Å². The molecule has 30 heavy (non-hydrogen) atoms. The Balaban J connectivity index is 2.58. The lowest BCUT2D eigenvalue weighted by atomic mass is 9.97. The molecule has 0 heterocycles. The van der Waals surface area contributed by atoms with Gasteiger partial charge in [-0.2, -0.15) is 0 Å². The SMILES string of the molecule is CCCCCCOC(=O)[C@H](CSC(=O)[C@H](C)c1ccc(CC(C)C)cc1)NC(C)=O. The van der Waals surface area contributed by atoms with Gasteiger partial charge in [-0.3, -0.25) is 9.59 Å². The molecule has 6 heteroatoms. The Hall–Kier alpha value is -1.82. The number of carbonyl (C=O) groups excluding carboxylic acids is 3. The largest absolute Gasteiger partial charge is 0.464 e. The van der Waals surface area contributed by atoms with Crippen LogP contribution in [0.4, 0.5) is 0 Å². The van der Waals surface area contributed by atoms with Crippen molar-refractivity contribution in [3.63, 3.8) is 0 Å². The van der Waals surface area contributed by atoms with E-state index in [0.717, 1.165) is 49.4 Å². The molecular formula is C24H37NO4S. The number of hydrogen-bond acceptors (Lipinski definition) is 5. The quantitative estimate of drug-likeness (QED) is 0.353. The first kappa shape index (κ1) is 26.2. The number of amides is 1. The lowest BCUT2D eigenvalue weighted by Gasteiger charge is -2.17. The van der Waals surface area contributed by atoms with Gasteiger partial charge in [0, 0.05) is 12.7 Å². The molecule has 0 aliphatic heterocycles. The fourth-order valence-corrected chi connectivity index (χ4v) is 3.99. The maximum absolute atomic E-state index is 12.6. The second kappa shape index (κ2) is 14.2. The summed E-state index contributed by atoms with van der Waals surface area (Å²) in [5.74, 6) is -0.326. The number of hydrogen-bond donors (Lipinski definition) is 1. The number of nitrogens with one attached hydrogen (secondary N) is 1. The highest BCUT2D eigenvalue weighted by Gasteiger charge is 2.24. The molecule has 1 amide bonds. The van der Waals surface area contributed by atoms with E-state index in [4.69, 9.17) is 4.74 Å². The van der Waals surface area contributed by atoms with Crippen LogP contribution in [0.25, 0.3) is 0 Å². The van der Waals surface area contributed by atoms with Crippen LogP contribution in [-0.4, -0.2) is 35.4 Å². The summed E-state index contributed by atoms with van der Waals surface area (Å²) in [6, 6.07) is 7.32. The molecule has 0 saturated heterocycles. The molecule has 0 unspecified atom stereocenters. The summed E-state index contributed by atoms with van der Waals surface area (Å²) in [5.41, 5.74) is 2.21. The van der Waals surface area contributed by atoms with Crippen LogP contribution < -0.4 is 5.32 Å². The number of thioether (sulfide) groups is 1. The van der Waals surface area contributed by atoms with Crippen molar-refractivity contribution < 1.29 is 19.1 Å². The van der Waals surface area contributed by atoms with Gasteiger partial charge in [-0.05, 0) is 29.9 Å². The monoisotopic (exact) mass is 435 g/mol. The van der Waals surface area contributed by atoms with Crippen molar-refractivity contribution in [2.24, 2.45) is 5.92 Å². The summed E-state index contributed by atoms with van der Waals surface area (Å²) in [6.07, 6.45) is 5.04. The molecule has 0 spiro atoms. The third-order valence-corrected chi connectivity index (χ3v) is 5.91. The van der Waals surface area contributed by atoms with E-state index in [0.29, 0.717) is 12.5 Å². The van der Waals surface area contributed by atoms with Crippen LogP contribution in [0, 0.1) is 5.92 Å². The van der Waals surface area contributed by atoms with Crippen molar-refractivity contribution >= 4 is 28.8 Å². The molecule has 1 aromatic carbocycles. The summed E-state index contributed by atoms with van der Waals surface area (Å²) in [4.78, 5) is 36.4. The Labute approximate surface area is 185 Å². The summed E-state index contributed by atoms with van der Waals surface area (Å²) in [7, 11) is 0. The normalized spacial score (nSPS) is 13.0. The van der Waals surface area contributed by atoms with Crippen LogP contribution in [0.5, 0.6) is 0 Å². The summed E-state index contributed by atoms with van der Waals surface area (Å²) >= 11 is 1.07. The van der Waals surface area contributed by atoms with Crippen molar-refractivity contribution in [1.29, 1.82) is 0 Å². The third-order valence-electron chi connectivity index (χ3n) is 4.77. The van der Waals surface area contributed by atoms with E-state index in [1.165, 1.54) is 12.5 Å². The fraction of sp³-hybridized carbons (Fsp3) is 0.625. The van der Waals surface area contributed by atoms with Crippen molar-refractivity contribution in [3.05, 3.63) is 35.4 Å². The predicted octanol–water partition coefficient (Wildman–Crippen LogP) is 4.88. The predicted molar refractivity (Wildman–Crippen MR) is 124 cm³/mol. The lowest BCUT2D eigenvalue weighted by Crippen LogP contribution is -2.43. The molecule has 0 fully saturated rings. The molecule has 0 bridgehead atoms. The van der Waals surface area contributed by atoms with Gasteiger partial charge in [-0.25, -0.2) is 4.79 Å². The first-order valence-corrected chi connectivity index (χ1v) is 11.9. The zero-order chi connectivity index (χ0) is 22.5. The first-order chi connectivity index (χ1) is 14.2. The van der Waals surface area contributed by atoms with Gasteiger partial charge in [0.2, 0.25) is 5.91 Å². The summed E-state index contributed by atoms with van der Waals surface area (Å²) < 4.78 is 5.30. The zero-order valence-electron chi connectivity index (χ0n) is 19.0. The number of benzene rings is 1. The highest BCUT2D eigenvalue weighted by atomic mass is 32.2. The van der Waals surface area contributed by atoms with Gasteiger partial charge < -0.3 is 10.1 Å². The van der Waals surface area contributed by atoms with Gasteiger partial charge in [-0.1, -0.05) is 83.0 Å². The molecular weight excluding hydrogens is 398 g/mol. The molecule has 0 saturated carbocycles. The van der Waals surface area contributed by atoms with Gasteiger partial charge >= 0.3 is 5.97 Å². The molecule has 168 valence electrons. The fourth-order valence-electron chi connectivity index (χ4n) is 3.06. The zero-order valence-corrected chi connectivity index (χ0v) is 19.8. The molecule has 1 aromatic rings. The minimum atomic E-state index is -0.816.